The number of rotatable bonds is 3. The van der Waals surface area contributed by atoms with Crippen LogP contribution in [-0.4, -0.2) is 10.2 Å². The monoisotopic (exact) mass is 181 g/mol. The van der Waals surface area contributed by atoms with E-state index in [-0.39, 0.29) is 12.3 Å². The molecule has 1 atom stereocenters. The third kappa shape index (κ3) is 1.99. The highest BCUT2D eigenvalue weighted by molar-refractivity contribution is 5.40. The number of benzene rings is 1. The first kappa shape index (κ1) is 10.0. The number of nitrogens with two attached hydrogens (primary N) is 1. The molecule has 0 aromatic heterocycles. The summed E-state index contributed by atoms with van der Waals surface area (Å²) in [6, 6.07) is 5.08. The smallest absolute Gasteiger partial charge is 0.120 e. The van der Waals surface area contributed by atoms with E-state index in [1.165, 1.54) is 0 Å². The van der Waals surface area contributed by atoms with Crippen molar-refractivity contribution in [1.82, 2.24) is 0 Å². The molecule has 1 aromatic carbocycles. The first-order chi connectivity index (χ1) is 6.20. The van der Waals surface area contributed by atoms with E-state index in [4.69, 9.17) is 5.73 Å². The molecule has 0 aliphatic rings. The third-order valence-corrected chi connectivity index (χ3v) is 2.14. The van der Waals surface area contributed by atoms with Crippen LogP contribution in [0.5, 0.6) is 5.75 Å². The fraction of sp³-hybridized carbons (Fsp3) is 0.400. The summed E-state index contributed by atoms with van der Waals surface area (Å²) in [6.07, 6.45) is 0.0850. The highest BCUT2D eigenvalue weighted by atomic mass is 16.3. The SMILES string of the molecule is CCC(O)c1cccc(O)c1CN. The Balaban J connectivity index is 3.12. The maximum absolute atomic E-state index is 9.60. The summed E-state index contributed by atoms with van der Waals surface area (Å²) in [7, 11) is 0. The summed E-state index contributed by atoms with van der Waals surface area (Å²) in [5.74, 6) is 0.160. The minimum absolute atomic E-state index is 0.160. The molecule has 0 saturated heterocycles. The second-order valence-electron chi connectivity index (χ2n) is 2.97. The van der Waals surface area contributed by atoms with Crippen molar-refractivity contribution >= 4 is 0 Å². The second-order valence-corrected chi connectivity index (χ2v) is 2.97. The lowest BCUT2D eigenvalue weighted by Gasteiger charge is -2.13. The van der Waals surface area contributed by atoms with Gasteiger partial charge in [-0.25, -0.2) is 0 Å². The number of phenols is 1. The van der Waals surface area contributed by atoms with E-state index in [0.29, 0.717) is 12.0 Å². The summed E-state index contributed by atoms with van der Waals surface area (Å²) in [4.78, 5) is 0. The van der Waals surface area contributed by atoms with Gasteiger partial charge in [-0.15, -0.1) is 0 Å². The summed E-state index contributed by atoms with van der Waals surface area (Å²) in [5, 5.41) is 19.0. The molecule has 0 radical (unpaired) electrons. The van der Waals surface area contributed by atoms with Crippen LogP contribution in [0.4, 0.5) is 0 Å². The molecule has 0 spiro atoms. The highest BCUT2D eigenvalue weighted by Gasteiger charge is 2.11. The van der Waals surface area contributed by atoms with Gasteiger partial charge < -0.3 is 15.9 Å². The predicted molar refractivity (Wildman–Crippen MR) is 51.2 cm³/mol. The molecule has 1 rings (SSSR count). The third-order valence-electron chi connectivity index (χ3n) is 2.14. The zero-order valence-corrected chi connectivity index (χ0v) is 7.70. The van der Waals surface area contributed by atoms with Crippen molar-refractivity contribution in [3.8, 4) is 5.75 Å². The largest absolute Gasteiger partial charge is 0.508 e. The Kier molecular flexibility index (Phi) is 3.28. The van der Waals surface area contributed by atoms with Crippen LogP contribution in [0.15, 0.2) is 18.2 Å². The Labute approximate surface area is 77.8 Å². The summed E-state index contributed by atoms with van der Waals surface area (Å²) < 4.78 is 0. The summed E-state index contributed by atoms with van der Waals surface area (Å²) in [5.41, 5.74) is 6.84. The molecule has 3 nitrogen and oxygen atoms in total. The minimum atomic E-state index is -0.536. The first-order valence-electron chi connectivity index (χ1n) is 4.39. The fourth-order valence-electron chi connectivity index (χ4n) is 1.35. The van der Waals surface area contributed by atoms with Crippen molar-refractivity contribution in [3.05, 3.63) is 29.3 Å². The van der Waals surface area contributed by atoms with Crippen molar-refractivity contribution in [2.45, 2.75) is 26.0 Å². The van der Waals surface area contributed by atoms with E-state index in [1.54, 1.807) is 18.2 Å². The molecule has 0 aliphatic heterocycles. The molecule has 0 aliphatic carbocycles. The van der Waals surface area contributed by atoms with Crippen LogP contribution >= 0.6 is 0 Å². The van der Waals surface area contributed by atoms with Gasteiger partial charge in [-0.05, 0) is 18.1 Å². The number of hydrogen-bond donors (Lipinski definition) is 3. The van der Waals surface area contributed by atoms with E-state index in [0.717, 1.165) is 5.56 Å². The van der Waals surface area contributed by atoms with Gasteiger partial charge in [-0.1, -0.05) is 19.1 Å². The van der Waals surface area contributed by atoms with E-state index >= 15 is 0 Å². The Morgan fingerprint density at radius 1 is 1.46 bits per heavy atom. The van der Waals surface area contributed by atoms with Crippen molar-refractivity contribution in [2.24, 2.45) is 5.73 Å². The minimum Gasteiger partial charge on any atom is -0.508 e. The van der Waals surface area contributed by atoms with Crippen molar-refractivity contribution in [1.29, 1.82) is 0 Å². The molecule has 1 aromatic rings. The number of aromatic hydroxyl groups is 1. The first-order valence-corrected chi connectivity index (χ1v) is 4.39. The van der Waals surface area contributed by atoms with E-state index in [1.807, 2.05) is 6.92 Å². The van der Waals surface area contributed by atoms with Gasteiger partial charge in [0.15, 0.2) is 0 Å². The Hall–Kier alpha value is -1.06. The molecule has 0 fully saturated rings. The molecule has 0 amide bonds. The van der Waals surface area contributed by atoms with Gasteiger partial charge in [0.25, 0.3) is 0 Å². The highest BCUT2D eigenvalue weighted by Crippen LogP contribution is 2.26. The Morgan fingerprint density at radius 2 is 2.15 bits per heavy atom. The molecular formula is C10H15NO2. The zero-order chi connectivity index (χ0) is 9.84. The van der Waals surface area contributed by atoms with Crippen LogP contribution in [0.1, 0.15) is 30.6 Å². The average Bonchev–Trinajstić information content (AvgIpc) is 2.16. The van der Waals surface area contributed by atoms with Gasteiger partial charge in [0, 0.05) is 12.1 Å². The van der Waals surface area contributed by atoms with Crippen LogP contribution in [0.2, 0.25) is 0 Å². The van der Waals surface area contributed by atoms with Gasteiger partial charge >= 0.3 is 0 Å². The van der Waals surface area contributed by atoms with Gasteiger partial charge in [0.1, 0.15) is 5.75 Å². The van der Waals surface area contributed by atoms with Crippen LogP contribution in [-0.2, 0) is 6.54 Å². The van der Waals surface area contributed by atoms with Crippen molar-refractivity contribution < 1.29 is 10.2 Å². The molecular weight excluding hydrogens is 166 g/mol. The molecule has 13 heavy (non-hydrogen) atoms. The van der Waals surface area contributed by atoms with E-state index in [9.17, 15) is 10.2 Å². The lowest BCUT2D eigenvalue weighted by molar-refractivity contribution is 0.172. The van der Waals surface area contributed by atoms with Crippen LogP contribution in [0.3, 0.4) is 0 Å². The summed E-state index contributed by atoms with van der Waals surface area (Å²) in [6.45, 7) is 2.13. The molecule has 4 N–H and O–H groups in total. The Morgan fingerprint density at radius 3 is 2.69 bits per heavy atom. The summed E-state index contributed by atoms with van der Waals surface area (Å²) >= 11 is 0. The van der Waals surface area contributed by atoms with Crippen molar-refractivity contribution in [3.63, 3.8) is 0 Å². The number of aliphatic hydroxyl groups is 1. The van der Waals surface area contributed by atoms with Crippen LogP contribution in [0, 0.1) is 0 Å². The maximum atomic E-state index is 9.60. The zero-order valence-electron chi connectivity index (χ0n) is 7.70. The lowest BCUT2D eigenvalue weighted by atomic mass is 10.00. The van der Waals surface area contributed by atoms with Crippen LogP contribution in [0.25, 0.3) is 0 Å². The standard InChI is InChI=1S/C10H15NO2/c1-2-9(12)7-4-3-5-10(13)8(7)6-11/h3-5,9,12-13H,2,6,11H2,1H3. The number of aliphatic hydroxyl groups excluding tert-OH is 1. The Bertz CT molecular complexity index is 286. The number of hydrogen-bond acceptors (Lipinski definition) is 3. The second kappa shape index (κ2) is 4.25. The molecule has 72 valence electrons. The van der Waals surface area contributed by atoms with E-state index < -0.39 is 6.10 Å². The van der Waals surface area contributed by atoms with Gasteiger partial charge in [0.05, 0.1) is 6.10 Å². The molecule has 1 unspecified atom stereocenters. The van der Waals surface area contributed by atoms with Gasteiger partial charge in [0.2, 0.25) is 0 Å². The lowest BCUT2D eigenvalue weighted by Crippen LogP contribution is -2.05. The topological polar surface area (TPSA) is 66.5 Å². The molecule has 0 bridgehead atoms. The quantitative estimate of drug-likeness (QED) is 0.658. The molecule has 3 heteroatoms. The van der Waals surface area contributed by atoms with Gasteiger partial charge in [-0.3, -0.25) is 0 Å². The maximum Gasteiger partial charge on any atom is 0.120 e. The molecule has 0 saturated carbocycles. The fourth-order valence-corrected chi connectivity index (χ4v) is 1.35. The average molecular weight is 181 g/mol. The predicted octanol–water partition coefficient (Wildman–Crippen LogP) is 1.29. The van der Waals surface area contributed by atoms with E-state index in [2.05, 4.69) is 0 Å². The van der Waals surface area contributed by atoms with Crippen molar-refractivity contribution in [2.75, 3.05) is 0 Å². The molecule has 0 heterocycles. The number of phenolic OH excluding ortho intramolecular Hbond substituents is 1. The van der Waals surface area contributed by atoms with Gasteiger partial charge in [-0.2, -0.15) is 0 Å². The van der Waals surface area contributed by atoms with Crippen LogP contribution < -0.4 is 5.73 Å². The normalized spacial score (nSPS) is 12.8.